The molecule has 2 atom stereocenters. The van der Waals surface area contributed by atoms with Crippen molar-refractivity contribution in [2.45, 2.75) is 31.0 Å². The molecule has 1 aromatic carbocycles. The van der Waals surface area contributed by atoms with Gasteiger partial charge in [0.2, 0.25) is 0 Å². The van der Waals surface area contributed by atoms with Gasteiger partial charge >= 0.3 is 0 Å². The average Bonchev–Trinajstić information content (AvgIpc) is 2.70. The van der Waals surface area contributed by atoms with E-state index in [0.717, 1.165) is 22.9 Å². The normalized spacial score (nSPS) is 28.7. The summed E-state index contributed by atoms with van der Waals surface area (Å²) < 4.78 is 14.9. The Bertz CT molecular complexity index is 549. The van der Waals surface area contributed by atoms with Gasteiger partial charge in [0.1, 0.15) is 5.67 Å². The zero-order chi connectivity index (χ0) is 11.9. The summed E-state index contributed by atoms with van der Waals surface area (Å²) in [4.78, 5) is 4.27. The Hall–Kier alpha value is -1.48. The molecule has 1 aliphatic rings. The summed E-state index contributed by atoms with van der Waals surface area (Å²) >= 11 is 0. The van der Waals surface area contributed by atoms with Gasteiger partial charge in [0.15, 0.2) is 0 Å². The van der Waals surface area contributed by atoms with E-state index in [9.17, 15) is 4.39 Å². The van der Waals surface area contributed by atoms with Gasteiger partial charge in [0.25, 0.3) is 0 Å². The van der Waals surface area contributed by atoms with E-state index in [1.165, 1.54) is 0 Å². The van der Waals surface area contributed by atoms with Gasteiger partial charge in [-0.2, -0.15) is 0 Å². The largest absolute Gasteiger partial charge is 0.328 e. The molecule has 2 N–H and O–H groups in total. The zero-order valence-electron chi connectivity index (χ0n) is 9.57. The predicted octanol–water partition coefficient (Wildman–Crippen LogP) is 2.91. The molecule has 0 radical (unpaired) electrons. The maximum Gasteiger partial charge on any atom is 0.138 e. The molecule has 17 heavy (non-hydrogen) atoms. The first-order valence-electron chi connectivity index (χ1n) is 5.98. The van der Waals surface area contributed by atoms with Crippen LogP contribution in [0.3, 0.4) is 0 Å². The lowest BCUT2D eigenvalue weighted by Crippen LogP contribution is -2.21. The third-order valence-electron chi connectivity index (χ3n) is 3.63. The molecule has 1 heterocycles. The van der Waals surface area contributed by atoms with Crippen LogP contribution in [0.25, 0.3) is 10.9 Å². The second kappa shape index (κ2) is 3.77. The Labute approximate surface area is 99.7 Å². The molecule has 1 aliphatic carbocycles. The standard InChI is InChI=1S/C14H15FN2/c15-14(7-6-10(16)9-14)12-4-1-5-13-11(12)3-2-8-17-13/h1-5,8,10H,6-7,9,16H2. The number of fused-ring (bicyclic) bond motifs is 1. The molecule has 1 aromatic heterocycles. The number of hydrogen-bond donors (Lipinski definition) is 1. The van der Waals surface area contributed by atoms with Crippen LogP contribution in [0.2, 0.25) is 0 Å². The van der Waals surface area contributed by atoms with Crippen LogP contribution in [0.4, 0.5) is 4.39 Å². The van der Waals surface area contributed by atoms with Crippen molar-refractivity contribution < 1.29 is 4.39 Å². The third-order valence-corrected chi connectivity index (χ3v) is 3.63. The number of nitrogens with zero attached hydrogens (tertiary/aromatic N) is 1. The Balaban J connectivity index is 2.17. The third kappa shape index (κ3) is 1.71. The number of benzene rings is 1. The Morgan fingerprint density at radius 2 is 2.18 bits per heavy atom. The van der Waals surface area contributed by atoms with Gasteiger partial charge in [-0.3, -0.25) is 4.98 Å². The summed E-state index contributed by atoms with van der Waals surface area (Å²) in [6, 6.07) is 9.41. The highest BCUT2D eigenvalue weighted by molar-refractivity contribution is 5.82. The van der Waals surface area contributed by atoms with E-state index in [0.29, 0.717) is 12.8 Å². The highest BCUT2D eigenvalue weighted by atomic mass is 19.1. The summed E-state index contributed by atoms with van der Waals surface area (Å²) in [5, 5.41) is 0.909. The molecule has 1 saturated carbocycles. The quantitative estimate of drug-likeness (QED) is 0.818. The van der Waals surface area contributed by atoms with Gasteiger partial charge in [-0.15, -0.1) is 0 Å². The number of hydrogen-bond acceptors (Lipinski definition) is 2. The molecule has 2 nitrogen and oxygen atoms in total. The van der Waals surface area contributed by atoms with E-state index < -0.39 is 5.67 Å². The lowest BCUT2D eigenvalue weighted by Gasteiger charge is -2.21. The maximum absolute atomic E-state index is 14.9. The zero-order valence-corrected chi connectivity index (χ0v) is 9.57. The van der Waals surface area contributed by atoms with Gasteiger partial charge in [-0.05, 0) is 30.5 Å². The van der Waals surface area contributed by atoms with Crippen molar-refractivity contribution in [2.75, 3.05) is 0 Å². The second-order valence-corrected chi connectivity index (χ2v) is 4.84. The molecule has 3 heteroatoms. The van der Waals surface area contributed by atoms with Crippen LogP contribution >= 0.6 is 0 Å². The van der Waals surface area contributed by atoms with Crippen LogP contribution in [0, 0.1) is 0 Å². The van der Waals surface area contributed by atoms with E-state index in [1.807, 2.05) is 30.3 Å². The number of rotatable bonds is 1. The molecule has 2 unspecified atom stereocenters. The van der Waals surface area contributed by atoms with Crippen molar-refractivity contribution in [2.24, 2.45) is 5.73 Å². The fourth-order valence-electron chi connectivity index (χ4n) is 2.77. The molecule has 0 saturated heterocycles. The number of pyridine rings is 1. The van der Waals surface area contributed by atoms with E-state index >= 15 is 0 Å². The molecule has 88 valence electrons. The SMILES string of the molecule is NC1CCC(F)(c2cccc3ncccc23)C1. The van der Waals surface area contributed by atoms with Gasteiger partial charge in [0, 0.05) is 24.0 Å². The van der Waals surface area contributed by atoms with Crippen molar-refractivity contribution in [1.29, 1.82) is 0 Å². The highest BCUT2D eigenvalue weighted by Gasteiger charge is 2.40. The van der Waals surface area contributed by atoms with Crippen molar-refractivity contribution >= 4 is 10.9 Å². The summed E-state index contributed by atoms with van der Waals surface area (Å²) in [5.41, 5.74) is 6.16. The summed E-state index contributed by atoms with van der Waals surface area (Å²) in [6.07, 6.45) is 3.42. The lowest BCUT2D eigenvalue weighted by molar-refractivity contribution is 0.174. The number of halogens is 1. The van der Waals surface area contributed by atoms with Crippen LogP contribution in [-0.4, -0.2) is 11.0 Å². The summed E-state index contributed by atoms with van der Waals surface area (Å²) in [5.74, 6) is 0. The van der Waals surface area contributed by atoms with E-state index in [4.69, 9.17) is 5.73 Å². The van der Waals surface area contributed by atoms with E-state index in [1.54, 1.807) is 6.20 Å². The minimum atomic E-state index is -1.28. The first kappa shape index (κ1) is 10.7. The molecular weight excluding hydrogens is 215 g/mol. The molecule has 0 aliphatic heterocycles. The first-order valence-corrected chi connectivity index (χ1v) is 5.98. The molecule has 0 spiro atoms. The fraction of sp³-hybridized carbons (Fsp3) is 0.357. The van der Waals surface area contributed by atoms with Crippen molar-refractivity contribution in [3.8, 4) is 0 Å². The van der Waals surface area contributed by atoms with Gasteiger partial charge in [0.05, 0.1) is 5.52 Å². The lowest BCUT2D eigenvalue weighted by atomic mass is 9.90. The van der Waals surface area contributed by atoms with Crippen molar-refractivity contribution in [3.63, 3.8) is 0 Å². The van der Waals surface area contributed by atoms with Crippen molar-refractivity contribution in [1.82, 2.24) is 4.98 Å². The van der Waals surface area contributed by atoms with Gasteiger partial charge in [-0.1, -0.05) is 18.2 Å². The summed E-state index contributed by atoms with van der Waals surface area (Å²) in [6.45, 7) is 0. The maximum atomic E-state index is 14.9. The molecule has 0 bridgehead atoms. The van der Waals surface area contributed by atoms with Crippen LogP contribution in [0.1, 0.15) is 24.8 Å². The smallest absolute Gasteiger partial charge is 0.138 e. The topological polar surface area (TPSA) is 38.9 Å². The Morgan fingerprint density at radius 1 is 1.29 bits per heavy atom. The van der Waals surface area contributed by atoms with Crippen molar-refractivity contribution in [3.05, 3.63) is 42.1 Å². The Kier molecular flexibility index (Phi) is 2.37. The number of nitrogens with two attached hydrogens (primary N) is 1. The van der Waals surface area contributed by atoms with Crippen LogP contribution < -0.4 is 5.73 Å². The van der Waals surface area contributed by atoms with Crippen LogP contribution in [0.15, 0.2) is 36.5 Å². The molecule has 2 aromatic rings. The molecule has 1 fully saturated rings. The summed E-state index contributed by atoms with van der Waals surface area (Å²) in [7, 11) is 0. The average molecular weight is 230 g/mol. The van der Waals surface area contributed by atoms with E-state index in [2.05, 4.69) is 4.98 Å². The molecule has 3 rings (SSSR count). The second-order valence-electron chi connectivity index (χ2n) is 4.84. The predicted molar refractivity (Wildman–Crippen MR) is 66.4 cm³/mol. The fourth-order valence-corrected chi connectivity index (χ4v) is 2.77. The van der Waals surface area contributed by atoms with Gasteiger partial charge in [-0.25, -0.2) is 4.39 Å². The molecule has 0 amide bonds. The Morgan fingerprint density at radius 3 is 2.94 bits per heavy atom. The van der Waals surface area contributed by atoms with E-state index in [-0.39, 0.29) is 6.04 Å². The molecular formula is C14H15FN2. The van der Waals surface area contributed by atoms with Gasteiger partial charge < -0.3 is 5.73 Å². The van der Waals surface area contributed by atoms with Crippen LogP contribution in [-0.2, 0) is 5.67 Å². The van der Waals surface area contributed by atoms with Crippen LogP contribution in [0.5, 0.6) is 0 Å². The number of aromatic nitrogens is 1. The highest BCUT2D eigenvalue weighted by Crippen LogP contribution is 2.44. The minimum Gasteiger partial charge on any atom is -0.328 e. The first-order chi connectivity index (χ1) is 8.19. The monoisotopic (exact) mass is 230 g/mol. The number of alkyl halides is 1. The minimum absolute atomic E-state index is 0.0214.